The molecule has 4 aromatic rings. The smallest absolute Gasteiger partial charge is 0.261 e. The van der Waals surface area contributed by atoms with Gasteiger partial charge < -0.3 is 18.5 Å². The van der Waals surface area contributed by atoms with Gasteiger partial charge in [0.25, 0.3) is 5.91 Å². The lowest BCUT2D eigenvalue weighted by molar-refractivity contribution is -0.136. The zero-order valence-corrected chi connectivity index (χ0v) is 20.0. The van der Waals surface area contributed by atoms with E-state index in [1.165, 1.54) is 12.0 Å². The summed E-state index contributed by atoms with van der Waals surface area (Å²) >= 11 is 6.23. The van der Waals surface area contributed by atoms with E-state index in [2.05, 4.69) is 10.2 Å². The predicted molar refractivity (Wildman–Crippen MR) is 129 cm³/mol. The van der Waals surface area contributed by atoms with E-state index in [1.807, 2.05) is 50.2 Å². The van der Waals surface area contributed by atoms with Gasteiger partial charge in [0.2, 0.25) is 11.8 Å². The molecule has 34 heavy (non-hydrogen) atoms. The van der Waals surface area contributed by atoms with Crippen LogP contribution in [0.15, 0.2) is 51.3 Å². The Kier molecular flexibility index (Phi) is 6.28. The molecule has 2 heterocycles. The monoisotopic (exact) mass is 479 g/mol. The first-order chi connectivity index (χ1) is 16.5. The maximum absolute atomic E-state index is 13.0. The third-order valence-corrected chi connectivity index (χ3v) is 6.44. The van der Waals surface area contributed by atoms with Gasteiger partial charge in [-0.15, -0.1) is 10.2 Å². The largest absolute Gasteiger partial charge is 0.484 e. The summed E-state index contributed by atoms with van der Waals surface area (Å²) in [5.41, 5.74) is 2.80. The fraction of sp³-hybridized carbons (Fsp3) is 0.346. The summed E-state index contributed by atoms with van der Waals surface area (Å²) < 4.78 is 17.6. The molecule has 0 bridgehead atoms. The van der Waals surface area contributed by atoms with Crippen molar-refractivity contribution in [3.63, 3.8) is 0 Å². The van der Waals surface area contributed by atoms with Gasteiger partial charge in [-0.1, -0.05) is 23.7 Å². The Labute approximate surface area is 202 Å². The summed E-state index contributed by atoms with van der Waals surface area (Å²) in [5.74, 6) is 2.23. The van der Waals surface area contributed by atoms with Crippen molar-refractivity contribution in [3.8, 4) is 17.2 Å². The van der Waals surface area contributed by atoms with Crippen LogP contribution >= 0.6 is 11.6 Å². The van der Waals surface area contributed by atoms with E-state index < -0.39 is 0 Å². The van der Waals surface area contributed by atoms with Gasteiger partial charge in [0.1, 0.15) is 17.1 Å². The molecule has 0 fully saturated rings. The van der Waals surface area contributed by atoms with Gasteiger partial charge >= 0.3 is 0 Å². The van der Waals surface area contributed by atoms with Crippen LogP contribution in [0.5, 0.6) is 5.75 Å². The van der Waals surface area contributed by atoms with Crippen LogP contribution in [0, 0.1) is 0 Å². The summed E-state index contributed by atoms with van der Waals surface area (Å²) in [6.07, 6.45) is 4.33. The minimum atomic E-state index is -0.165. The SMILES string of the molecule is CC(C)N(Cc1nnc(-c2ccccc2Cl)o1)C(=O)COc1ccc2oc3c(c2c1)CCCC3. The molecule has 0 atom stereocenters. The maximum atomic E-state index is 13.0. The Morgan fingerprint density at radius 2 is 1.94 bits per heavy atom. The quantitative estimate of drug-likeness (QED) is 0.331. The Morgan fingerprint density at radius 1 is 1.12 bits per heavy atom. The summed E-state index contributed by atoms with van der Waals surface area (Å²) in [4.78, 5) is 14.7. The molecule has 2 aromatic heterocycles. The van der Waals surface area contributed by atoms with Gasteiger partial charge in [-0.25, -0.2) is 0 Å². The van der Waals surface area contributed by atoms with Crippen molar-refractivity contribution in [1.29, 1.82) is 0 Å². The van der Waals surface area contributed by atoms with Crippen LogP contribution in [0.2, 0.25) is 5.02 Å². The second-order valence-corrected chi connectivity index (χ2v) is 9.16. The number of rotatable bonds is 7. The van der Waals surface area contributed by atoms with Crippen molar-refractivity contribution in [2.24, 2.45) is 0 Å². The van der Waals surface area contributed by atoms with Crippen molar-refractivity contribution in [2.75, 3.05) is 6.61 Å². The van der Waals surface area contributed by atoms with Crippen LogP contribution in [-0.4, -0.2) is 33.7 Å². The molecule has 0 spiro atoms. The molecule has 0 unspecified atom stereocenters. The van der Waals surface area contributed by atoms with Gasteiger partial charge in [0.05, 0.1) is 17.1 Å². The van der Waals surface area contributed by atoms with E-state index in [1.54, 1.807) is 11.0 Å². The van der Waals surface area contributed by atoms with E-state index >= 15 is 0 Å². The molecule has 176 valence electrons. The summed E-state index contributed by atoms with van der Waals surface area (Å²) in [7, 11) is 0. The highest BCUT2D eigenvalue weighted by atomic mass is 35.5. The van der Waals surface area contributed by atoms with Crippen LogP contribution in [0.25, 0.3) is 22.4 Å². The number of benzene rings is 2. The van der Waals surface area contributed by atoms with Gasteiger partial charge in [-0.3, -0.25) is 4.79 Å². The Bertz CT molecular complexity index is 1330. The second-order valence-electron chi connectivity index (χ2n) is 8.75. The topological polar surface area (TPSA) is 81.6 Å². The zero-order chi connectivity index (χ0) is 23.7. The summed E-state index contributed by atoms with van der Waals surface area (Å²) in [6, 6.07) is 12.9. The lowest BCUT2D eigenvalue weighted by atomic mass is 9.96. The third kappa shape index (κ3) is 4.53. The molecule has 0 N–H and O–H groups in total. The molecule has 0 aliphatic heterocycles. The number of aryl methyl sites for hydroxylation is 2. The number of hydrogen-bond donors (Lipinski definition) is 0. The minimum absolute atomic E-state index is 0.0739. The van der Waals surface area contributed by atoms with Gasteiger partial charge in [-0.2, -0.15) is 0 Å². The molecular weight excluding hydrogens is 454 g/mol. The molecule has 0 saturated heterocycles. The number of fused-ring (bicyclic) bond motifs is 3. The number of furan rings is 1. The van der Waals surface area contributed by atoms with Crippen molar-refractivity contribution < 1.29 is 18.4 Å². The second kappa shape index (κ2) is 9.50. The lowest BCUT2D eigenvalue weighted by Gasteiger charge is -2.25. The van der Waals surface area contributed by atoms with E-state index in [-0.39, 0.29) is 25.1 Å². The Hall–Kier alpha value is -3.32. The molecule has 7 nitrogen and oxygen atoms in total. The predicted octanol–water partition coefficient (Wildman–Crippen LogP) is 5.83. The molecule has 1 amide bonds. The first-order valence-corrected chi connectivity index (χ1v) is 11.9. The van der Waals surface area contributed by atoms with E-state index in [0.29, 0.717) is 28.1 Å². The average Bonchev–Trinajstić information content (AvgIpc) is 3.45. The molecule has 1 aliphatic carbocycles. The average molecular weight is 480 g/mol. The Morgan fingerprint density at radius 3 is 2.76 bits per heavy atom. The molecule has 1 aliphatic rings. The van der Waals surface area contributed by atoms with Crippen LogP contribution in [0.4, 0.5) is 0 Å². The fourth-order valence-electron chi connectivity index (χ4n) is 4.33. The van der Waals surface area contributed by atoms with E-state index in [4.69, 9.17) is 25.2 Å². The number of nitrogens with zero attached hydrogens (tertiary/aromatic N) is 3. The van der Waals surface area contributed by atoms with Crippen LogP contribution in [-0.2, 0) is 24.2 Å². The summed E-state index contributed by atoms with van der Waals surface area (Å²) in [5, 5.41) is 9.81. The van der Waals surface area contributed by atoms with Crippen molar-refractivity contribution >= 4 is 28.5 Å². The summed E-state index contributed by atoms with van der Waals surface area (Å²) in [6.45, 7) is 3.97. The molecule has 0 saturated carbocycles. The molecule has 2 aromatic carbocycles. The third-order valence-electron chi connectivity index (χ3n) is 6.11. The first kappa shape index (κ1) is 22.5. The maximum Gasteiger partial charge on any atom is 0.261 e. The minimum Gasteiger partial charge on any atom is -0.484 e. The number of ether oxygens (including phenoxy) is 1. The van der Waals surface area contributed by atoms with Crippen LogP contribution < -0.4 is 4.74 Å². The van der Waals surface area contributed by atoms with Crippen molar-refractivity contribution in [3.05, 3.63) is 64.7 Å². The normalized spacial score (nSPS) is 13.3. The lowest BCUT2D eigenvalue weighted by Crippen LogP contribution is -2.39. The van der Waals surface area contributed by atoms with Crippen LogP contribution in [0.1, 0.15) is 43.9 Å². The van der Waals surface area contributed by atoms with Gasteiger partial charge in [-0.05, 0) is 63.4 Å². The van der Waals surface area contributed by atoms with Gasteiger partial charge in [0.15, 0.2) is 6.61 Å². The van der Waals surface area contributed by atoms with Gasteiger partial charge in [0, 0.05) is 23.4 Å². The number of carbonyl (C=O) groups is 1. The first-order valence-electron chi connectivity index (χ1n) is 11.5. The number of aromatic nitrogens is 2. The number of halogens is 1. The highest BCUT2D eigenvalue weighted by Crippen LogP contribution is 2.34. The molecule has 5 rings (SSSR count). The molecule has 0 radical (unpaired) electrons. The Balaban J connectivity index is 1.27. The standard InChI is InChI=1S/C26H26ClN3O4/c1-16(2)30(14-24-28-29-26(34-24)19-8-3-5-9-21(19)27)25(31)15-32-17-11-12-23-20(13-17)18-7-4-6-10-22(18)33-23/h3,5,8-9,11-13,16H,4,6-7,10,14-15H2,1-2H3. The fourth-order valence-corrected chi connectivity index (χ4v) is 4.54. The van der Waals surface area contributed by atoms with E-state index in [9.17, 15) is 4.79 Å². The zero-order valence-electron chi connectivity index (χ0n) is 19.2. The number of carbonyl (C=O) groups excluding carboxylic acids is 1. The molecule has 8 heteroatoms. The number of hydrogen-bond acceptors (Lipinski definition) is 6. The highest BCUT2D eigenvalue weighted by molar-refractivity contribution is 6.33. The van der Waals surface area contributed by atoms with Crippen molar-refractivity contribution in [1.82, 2.24) is 15.1 Å². The number of amides is 1. The highest BCUT2D eigenvalue weighted by Gasteiger charge is 2.22. The van der Waals surface area contributed by atoms with E-state index in [0.717, 1.165) is 36.0 Å². The van der Waals surface area contributed by atoms with Crippen molar-refractivity contribution in [2.45, 2.75) is 52.1 Å². The molecular formula is C26H26ClN3O4. The van der Waals surface area contributed by atoms with Crippen LogP contribution in [0.3, 0.4) is 0 Å².